The molecule has 128 valence electrons. The first kappa shape index (κ1) is 16.8. The van der Waals surface area contributed by atoms with Gasteiger partial charge in [0, 0.05) is 30.3 Å². The number of likely N-dealkylation sites (tertiary alicyclic amines) is 1. The molecule has 0 bridgehead atoms. The first-order valence-electron chi connectivity index (χ1n) is 8.51. The number of hydrogen-bond acceptors (Lipinski definition) is 5. The third kappa shape index (κ3) is 3.87. The van der Waals surface area contributed by atoms with E-state index in [0.29, 0.717) is 12.6 Å². The van der Waals surface area contributed by atoms with Gasteiger partial charge in [-0.2, -0.15) is 5.10 Å². The fraction of sp³-hybridized carbons (Fsp3) is 0.556. The summed E-state index contributed by atoms with van der Waals surface area (Å²) in [5.41, 5.74) is 1.87. The zero-order valence-electron chi connectivity index (χ0n) is 14.6. The minimum absolute atomic E-state index is 0.0307. The monoisotopic (exact) mass is 327 g/mol. The second-order valence-corrected chi connectivity index (χ2v) is 7.46. The van der Waals surface area contributed by atoms with Gasteiger partial charge in [0.1, 0.15) is 6.33 Å². The molecule has 1 aliphatic rings. The van der Waals surface area contributed by atoms with Crippen molar-refractivity contribution in [1.29, 1.82) is 0 Å². The molecule has 0 aliphatic carbocycles. The van der Waals surface area contributed by atoms with Gasteiger partial charge < -0.3 is 0 Å². The fourth-order valence-corrected chi connectivity index (χ4v) is 3.11. The van der Waals surface area contributed by atoms with Gasteiger partial charge in [-0.05, 0) is 31.5 Å². The molecular weight excluding hydrogens is 302 g/mol. The van der Waals surface area contributed by atoms with Crippen molar-refractivity contribution in [3.8, 4) is 0 Å². The highest BCUT2D eigenvalue weighted by atomic mass is 16.1. The highest BCUT2D eigenvalue weighted by Crippen LogP contribution is 2.21. The van der Waals surface area contributed by atoms with Crippen LogP contribution in [0.2, 0.25) is 0 Å². The Morgan fingerprint density at radius 1 is 1.25 bits per heavy atom. The smallest absolute Gasteiger partial charge is 0.266 e. The van der Waals surface area contributed by atoms with Crippen LogP contribution >= 0.6 is 0 Å². The summed E-state index contributed by atoms with van der Waals surface area (Å²) < 4.78 is 1.63. The Labute approximate surface area is 142 Å². The van der Waals surface area contributed by atoms with Gasteiger partial charge in [0.05, 0.1) is 17.9 Å². The summed E-state index contributed by atoms with van der Waals surface area (Å²) in [6.45, 7) is 8.79. The Balaban J connectivity index is 1.76. The van der Waals surface area contributed by atoms with E-state index >= 15 is 0 Å². The van der Waals surface area contributed by atoms with Crippen molar-refractivity contribution in [2.24, 2.45) is 0 Å². The van der Waals surface area contributed by atoms with E-state index in [1.165, 1.54) is 0 Å². The Morgan fingerprint density at radius 3 is 2.79 bits per heavy atom. The van der Waals surface area contributed by atoms with E-state index < -0.39 is 0 Å². The molecule has 24 heavy (non-hydrogen) atoms. The highest BCUT2D eigenvalue weighted by molar-refractivity contribution is 5.10. The van der Waals surface area contributed by atoms with E-state index in [4.69, 9.17) is 0 Å². The number of hydrogen-bond donors (Lipinski definition) is 0. The standard InChI is InChI=1S/C18H25N5O/c1-18(2,3)16-6-7-17(24)23(21-16)12-15-5-4-10-22(15)11-14-8-9-19-13-20-14/h6-9,13,15H,4-5,10-12H2,1-3H3. The van der Waals surface area contributed by atoms with Gasteiger partial charge in [-0.3, -0.25) is 9.69 Å². The number of rotatable bonds is 4. The molecule has 3 heterocycles. The Hall–Kier alpha value is -2.08. The molecule has 1 saturated heterocycles. The molecule has 3 rings (SSSR count). The quantitative estimate of drug-likeness (QED) is 0.859. The van der Waals surface area contributed by atoms with E-state index in [-0.39, 0.29) is 11.0 Å². The maximum absolute atomic E-state index is 12.2. The van der Waals surface area contributed by atoms with E-state index in [0.717, 1.165) is 37.3 Å². The van der Waals surface area contributed by atoms with Gasteiger partial charge >= 0.3 is 0 Å². The molecule has 1 atom stereocenters. The van der Waals surface area contributed by atoms with Crippen molar-refractivity contribution in [1.82, 2.24) is 24.6 Å². The zero-order chi connectivity index (χ0) is 17.2. The first-order chi connectivity index (χ1) is 11.4. The fourth-order valence-electron chi connectivity index (χ4n) is 3.11. The largest absolute Gasteiger partial charge is 0.293 e. The molecule has 0 amide bonds. The van der Waals surface area contributed by atoms with Crippen LogP contribution < -0.4 is 5.56 Å². The average molecular weight is 327 g/mol. The summed E-state index contributed by atoms with van der Waals surface area (Å²) in [5, 5.41) is 4.60. The molecule has 0 aromatic carbocycles. The summed E-state index contributed by atoms with van der Waals surface area (Å²) in [6.07, 6.45) is 5.58. The van der Waals surface area contributed by atoms with Crippen LogP contribution in [0.4, 0.5) is 0 Å². The minimum Gasteiger partial charge on any atom is -0.293 e. The predicted molar refractivity (Wildman–Crippen MR) is 92.7 cm³/mol. The van der Waals surface area contributed by atoms with Crippen LogP contribution in [0.15, 0.2) is 35.5 Å². The molecule has 0 radical (unpaired) electrons. The predicted octanol–water partition coefficient (Wildman–Crippen LogP) is 2.00. The van der Waals surface area contributed by atoms with Gasteiger partial charge in [0.2, 0.25) is 0 Å². The van der Waals surface area contributed by atoms with Crippen LogP contribution in [0, 0.1) is 0 Å². The molecule has 1 unspecified atom stereocenters. The van der Waals surface area contributed by atoms with Crippen molar-refractivity contribution >= 4 is 0 Å². The van der Waals surface area contributed by atoms with E-state index in [1.807, 2.05) is 12.1 Å². The Morgan fingerprint density at radius 2 is 2.08 bits per heavy atom. The molecule has 6 nitrogen and oxygen atoms in total. The van der Waals surface area contributed by atoms with Crippen molar-refractivity contribution in [3.05, 3.63) is 52.5 Å². The molecule has 1 aliphatic heterocycles. The topological polar surface area (TPSA) is 63.9 Å². The molecule has 0 N–H and O–H groups in total. The van der Waals surface area contributed by atoms with E-state index in [1.54, 1.807) is 23.3 Å². The molecule has 1 fully saturated rings. The molecule has 2 aromatic heterocycles. The third-order valence-corrected chi connectivity index (χ3v) is 4.53. The van der Waals surface area contributed by atoms with Gasteiger partial charge in [-0.1, -0.05) is 20.8 Å². The Kier molecular flexibility index (Phi) is 4.76. The van der Waals surface area contributed by atoms with Crippen LogP contribution in [-0.2, 0) is 18.5 Å². The molecule has 0 spiro atoms. The van der Waals surface area contributed by atoms with Gasteiger partial charge in [-0.15, -0.1) is 0 Å². The summed E-state index contributed by atoms with van der Waals surface area (Å²) in [7, 11) is 0. The Bertz CT molecular complexity index is 735. The van der Waals surface area contributed by atoms with Gasteiger partial charge in [-0.25, -0.2) is 14.6 Å². The molecule has 2 aromatic rings. The summed E-state index contributed by atoms with van der Waals surface area (Å²) in [4.78, 5) is 22.9. The lowest BCUT2D eigenvalue weighted by Crippen LogP contribution is -2.37. The third-order valence-electron chi connectivity index (χ3n) is 4.53. The molecule has 0 saturated carbocycles. The van der Waals surface area contributed by atoms with Crippen LogP contribution in [0.5, 0.6) is 0 Å². The lowest BCUT2D eigenvalue weighted by atomic mass is 9.92. The first-order valence-corrected chi connectivity index (χ1v) is 8.51. The van der Waals surface area contributed by atoms with E-state index in [2.05, 4.69) is 40.7 Å². The molecule has 6 heteroatoms. The summed E-state index contributed by atoms with van der Waals surface area (Å²) >= 11 is 0. The molecular formula is C18H25N5O. The minimum atomic E-state index is -0.0637. The second-order valence-electron chi connectivity index (χ2n) is 7.46. The van der Waals surface area contributed by atoms with Crippen molar-refractivity contribution < 1.29 is 0 Å². The summed E-state index contributed by atoms with van der Waals surface area (Å²) in [6, 6.07) is 5.74. The lowest BCUT2D eigenvalue weighted by Gasteiger charge is -2.25. The normalized spacial score (nSPS) is 18.9. The maximum atomic E-state index is 12.2. The van der Waals surface area contributed by atoms with Crippen LogP contribution in [0.3, 0.4) is 0 Å². The number of nitrogens with zero attached hydrogens (tertiary/aromatic N) is 5. The summed E-state index contributed by atoms with van der Waals surface area (Å²) in [5.74, 6) is 0. The maximum Gasteiger partial charge on any atom is 0.266 e. The second kappa shape index (κ2) is 6.81. The zero-order valence-corrected chi connectivity index (χ0v) is 14.6. The van der Waals surface area contributed by atoms with Crippen LogP contribution in [0.1, 0.15) is 45.0 Å². The lowest BCUT2D eigenvalue weighted by molar-refractivity contribution is 0.213. The van der Waals surface area contributed by atoms with Crippen LogP contribution in [0.25, 0.3) is 0 Å². The van der Waals surface area contributed by atoms with Crippen molar-refractivity contribution in [3.63, 3.8) is 0 Å². The van der Waals surface area contributed by atoms with E-state index in [9.17, 15) is 4.79 Å². The van der Waals surface area contributed by atoms with Gasteiger partial charge in [0.25, 0.3) is 5.56 Å². The average Bonchev–Trinajstić information content (AvgIpc) is 2.96. The SMILES string of the molecule is CC(C)(C)c1ccc(=O)n(CC2CCCN2Cc2ccncn2)n1. The van der Waals surface area contributed by atoms with Crippen LogP contribution in [-0.4, -0.2) is 37.2 Å². The van der Waals surface area contributed by atoms with Crippen molar-refractivity contribution in [2.45, 2.75) is 58.2 Å². The number of aromatic nitrogens is 4. The van der Waals surface area contributed by atoms with Gasteiger partial charge in [0.15, 0.2) is 0 Å². The highest BCUT2D eigenvalue weighted by Gasteiger charge is 2.26. The van der Waals surface area contributed by atoms with Crippen molar-refractivity contribution in [2.75, 3.05) is 6.54 Å².